The Kier molecular flexibility index (Phi) is 11.6. The van der Waals surface area contributed by atoms with Crippen LogP contribution in [0.2, 0.25) is 0 Å². The Hall–Kier alpha value is -3.44. The van der Waals surface area contributed by atoms with Gasteiger partial charge in [-0.2, -0.15) is 0 Å². The first-order chi connectivity index (χ1) is 22.6. The maximum Gasteiger partial charge on any atom is 0.148 e. The van der Waals surface area contributed by atoms with Crippen molar-refractivity contribution in [1.82, 2.24) is 20.4 Å². The number of halogens is 2. The Morgan fingerprint density at radius 2 is 0.674 bits per heavy atom. The van der Waals surface area contributed by atoms with Gasteiger partial charge in [0.25, 0.3) is 0 Å². The van der Waals surface area contributed by atoms with Gasteiger partial charge in [0.1, 0.15) is 31.5 Å². The van der Waals surface area contributed by atoms with Crippen LogP contribution in [0.4, 0.5) is 0 Å². The van der Waals surface area contributed by atoms with Crippen LogP contribution in [-0.4, -0.2) is 33.6 Å². The van der Waals surface area contributed by atoms with Crippen LogP contribution in [0.3, 0.4) is 0 Å². The van der Waals surface area contributed by atoms with Crippen LogP contribution < -0.4 is 9.47 Å². The monoisotopic (exact) mass is 774 g/mol. The normalized spacial score (nSPS) is 11.1. The molecule has 0 bridgehead atoms. The zero-order valence-corrected chi connectivity index (χ0v) is 29.9. The average Bonchev–Trinajstić information content (AvgIpc) is 3.78. The summed E-state index contributed by atoms with van der Waals surface area (Å²) in [7, 11) is 0. The van der Waals surface area contributed by atoms with Crippen molar-refractivity contribution < 1.29 is 9.47 Å². The van der Waals surface area contributed by atoms with Gasteiger partial charge in [-0.25, -0.2) is 0 Å². The highest BCUT2D eigenvalue weighted by Gasteiger charge is 2.10. The fourth-order valence-electron chi connectivity index (χ4n) is 4.78. The molecule has 0 unspecified atom stereocenters. The fraction of sp³-hybridized carbons (Fsp3) is 0.222. The van der Waals surface area contributed by atoms with Crippen molar-refractivity contribution in [1.29, 1.82) is 0 Å². The lowest BCUT2D eigenvalue weighted by atomic mass is 10.1. The van der Waals surface area contributed by atoms with Crippen LogP contribution in [-0.2, 0) is 0 Å². The summed E-state index contributed by atoms with van der Waals surface area (Å²) in [6, 6.07) is 32.5. The molecule has 46 heavy (non-hydrogen) atoms. The van der Waals surface area contributed by atoms with E-state index in [0.29, 0.717) is 0 Å². The Balaban J connectivity index is 0.824. The van der Waals surface area contributed by atoms with E-state index < -0.39 is 0 Å². The lowest BCUT2D eigenvalue weighted by Gasteiger charge is -2.08. The predicted octanol–water partition coefficient (Wildman–Crippen LogP) is 11.4. The molecule has 0 aliphatic carbocycles. The van der Waals surface area contributed by atoms with E-state index >= 15 is 0 Å². The molecule has 0 saturated carbocycles. The van der Waals surface area contributed by atoms with Crippen molar-refractivity contribution in [3.05, 3.63) is 106 Å². The number of rotatable bonds is 15. The summed E-state index contributed by atoms with van der Waals surface area (Å²) in [5.74, 6) is 1.78. The van der Waals surface area contributed by atoms with Crippen LogP contribution in [0.1, 0.15) is 38.5 Å². The van der Waals surface area contributed by atoms with Crippen molar-refractivity contribution in [2.24, 2.45) is 0 Å². The molecule has 0 aliphatic heterocycles. The molecule has 0 radical (unpaired) electrons. The van der Waals surface area contributed by atoms with Gasteiger partial charge in [0, 0.05) is 31.2 Å². The van der Waals surface area contributed by atoms with Crippen LogP contribution >= 0.6 is 54.5 Å². The third-order valence-electron chi connectivity index (χ3n) is 7.31. The topological polar surface area (TPSA) is 70.0 Å². The lowest BCUT2D eigenvalue weighted by molar-refractivity contribution is 0.297. The van der Waals surface area contributed by atoms with Crippen LogP contribution in [0, 0.1) is 0 Å². The molecular formula is C36H32Br2N4O2S2. The van der Waals surface area contributed by atoms with Gasteiger partial charge < -0.3 is 9.47 Å². The zero-order chi connectivity index (χ0) is 31.6. The van der Waals surface area contributed by atoms with E-state index in [9.17, 15) is 0 Å². The Morgan fingerprint density at radius 1 is 0.391 bits per heavy atom. The summed E-state index contributed by atoms with van der Waals surface area (Å²) in [4.78, 5) is 0. The van der Waals surface area contributed by atoms with E-state index in [4.69, 9.17) is 9.47 Å². The minimum Gasteiger partial charge on any atom is -0.494 e. The summed E-state index contributed by atoms with van der Waals surface area (Å²) in [5.41, 5.74) is 4.24. The minimum atomic E-state index is 0.730. The van der Waals surface area contributed by atoms with E-state index in [1.807, 2.05) is 72.8 Å². The van der Waals surface area contributed by atoms with Crippen molar-refractivity contribution in [3.63, 3.8) is 0 Å². The van der Waals surface area contributed by atoms with Gasteiger partial charge in [-0.15, -0.1) is 20.4 Å². The molecule has 0 aliphatic rings. The van der Waals surface area contributed by atoms with E-state index in [0.717, 1.165) is 88.8 Å². The summed E-state index contributed by atoms with van der Waals surface area (Å²) < 4.78 is 14.0. The van der Waals surface area contributed by atoms with Gasteiger partial charge in [0.05, 0.1) is 13.2 Å². The third-order valence-corrected chi connectivity index (χ3v) is 10.4. The lowest BCUT2D eigenvalue weighted by Crippen LogP contribution is -1.98. The molecule has 10 heteroatoms. The molecule has 0 spiro atoms. The average molecular weight is 777 g/mol. The smallest absolute Gasteiger partial charge is 0.148 e. The Bertz CT molecular complexity index is 1670. The number of hydrogen-bond acceptors (Lipinski definition) is 8. The van der Waals surface area contributed by atoms with Crippen LogP contribution in [0.15, 0.2) is 106 Å². The van der Waals surface area contributed by atoms with Gasteiger partial charge in [0.15, 0.2) is 0 Å². The van der Waals surface area contributed by atoms with Gasteiger partial charge in [-0.3, -0.25) is 0 Å². The standard InChI is InChI=1S/C36H32Br2N4O2S2/c37-29-15-7-25(8-16-29)33-39-41-35(45-33)27-11-19-31(20-12-27)43-23-5-3-1-2-4-6-24-44-32-21-13-28(14-22-32)36-42-40-34(46-36)26-9-17-30(38)18-10-26/h7-22H,1-6,23-24H2. The summed E-state index contributed by atoms with van der Waals surface area (Å²) >= 11 is 10.1. The van der Waals surface area contributed by atoms with E-state index in [1.54, 1.807) is 22.7 Å². The fourth-order valence-corrected chi connectivity index (χ4v) is 7.01. The van der Waals surface area contributed by atoms with Gasteiger partial charge in [-0.05, 0) is 85.6 Å². The quantitative estimate of drug-likeness (QED) is 0.0968. The summed E-state index contributed by atoms with van der Waals surface area (Å²) in [5, 5.41) is 21.1. The first-order valence-corrected chi connectivity index (χ1v) is 18.5. The molecule has 6 rings (SSSR count). The second-order valence-electron chi connectivity index (χ2n) is 10.7. The predicted molar refractivity (Wildman–Crippen MR) is 196 cm³/mol. The molecule has 0 amide bonds. The third kappa shape index (κ3) is 9.09. The van der Waals surface area contributed by atoms with Gasteiger partial charge in [-0.1, -0.05) is 104 Å². The highest BCUT2D eigenvalue weighted by molar-refractivity contribution is 9.10. The molecule has 2 heterocycles. The molecular weight excluding hydrogens is 744 g/mol. The molecule has 6 nitrogen and oxygen atoms in total. The molecule has 0 atom stereocenters. The van der Waals surface area contributed by atoms with E-state index in [1.165, 1.54) is 25.7 Å². The van der Waals surface area contributed by atoms with Crippen molar-refractivity contribution in [3.8, 4) is 53.8 Å². The summed E-state index contributed by atoms with van der Waals surface area (Å²) in [6.07, 6.45) is 6.85. The number of unbranched alkanes of at least 4 members (excludes halogenated alkanes) is 5. The number of ether oxygens (including phenoxy) is 2. The second-order valence-corrected chi connectivity index (χ2v) is 14.5. The van der Waals surface area contributed by atoms with Crippen molar-refractivity contribution in [2.75, 3.05) is 13.2 Å². The van der Waals surface area contributed by atoms with Crippen LogP contribution in [0.25, 0.3) is 42.3 Å². The number of aromatic nitrogens is 4. The number of benzene rings is 4. The largest absolute Gasteiger partial charge is 0.494 e. The molecule has 0 saturated heterocycles. The van der Waals surface area contributed by atoms with E-state index in [-0.39, 0.29) is 0 Å². The highest BCUT2D eigenvalue weighted by Crippen LogP contribution is 2.33. The van der Waals surface area contributed by atoms with Crippen LogP contribution in [0.5, 0.6) is 11.5 Å². The molecule has 0 N–H and O–H groups in total. The molecule has 4 aromatic carbocycles. The van der Waals surface area contributed by atoms with Gasteiger partial charge in [0.2, 0.25) is 0 Å². The molecule has 234 valence electrons. The molecule has 2 aromatic heterocycles. The number of hydrogen-bond donors (Lipinski definition) is 0. The first kappa shape index (κ1) is 32.5. The SMILES string of the molecule is Brc1ccc(-c2nnc(-c3ccc(OCCCCCCCCOc4ccc(-c5nnc(-c6ccc(Br)cc6)s5)cc4)cc3)s2)cc1. The minimum absolute atomic E-state index is 0.730. The maximum atomic E-state index is 5.97. The molecule has 0 fully saturated rings. The van der Waals surface area contributed by atoms with Gasteiger partial charge >= 0.3 is 0 Å². The van der Waals surface area contributed by atoms with E-state index in [2.05, 4.69) is 76.5 Å². The Morgan fingerprint density at radius 3 is 1.00 bits per heavy atom. The summed E-state index contributed by atoms with van der Waals surface area (Å²) in [6.45, 7) is 1.46. The number of nitrogens with zero attached hydrogens (tertiary/aromatic N) is 4. The highest BCUT2D eigenvalue weighted by atomic mass is 79.9. The first-order valence-electron chi connectivity index (χ1n) is 15.3. The van der Waals surface area contributed by atoms with Crippen molar-refractivity contribution >= 4 is 54.5 Å². The second kappa shape index (κ2) is 16.4. The zero-order valence-electron chi connectivity index (χ0n) is 25.1. The Labute approximate surface area is 294 Å². The van der Waals surface area contributed by atoms with Crippen molar-refractivity contribution in [2.45, 2.75) is 38.5 Å². The maximum absolute atomic E-state index is 5.97. The molecule has 6 aromatic rings.